The van der Waals surface area contributed by atoms with Gasteiger partial charge in [0.05, 0.1) is 5.38 Å². The van der Waals surface area contributed by atoms with Gasteiger partial charge >= 0.3 is 0 Å². The molecule has 2 rings (SSSR count). The summed E-state index contributed by atoms with van der Waals surface area (Å²) >= 11 is 6.40. The Hall–Kier alpha value is -0.630. The van der Waals surface area contributed by atoms with Crippen LogP contribution in [0.3, 0.4) is 0 Å². The van der Waals surface area contributed by atoms with E-state index in [1.54, 1.807) is 6.92 Å². The lowest BCUT2D eigenvalue weighted by atomic mass is 10.0. The van der Waals surface area contributed by atoms with E-state index in [4.69, 9.17) is 11.6 Å². The minimum atomic E-state index is -0.481. The third-order valence-electron chi connectivity index (χ3n) is 5.00. The minimum absolute atomic E-state index is 0.0488. The zero-order chi connectivity index (χ0) is 13.9. The summed E-state index contributed by atoms with van der Waals surface area (Å²) in [5.74, 6) is -0.649. The first-order valence-electron chi connectivity index (χ1n) is 6.20. The number of hydrogen-bond acceptors (Lipinski definition) is 0. The van der Waals surface area contributed by atoms with Crippen molar-refractivity contribution in [1.29, 1.82) is 0 Å². The van der Waals surface area contributed by atoms with Gasteiger partial charge in [-0.15, -0.1) is 11.6 Å². The SMILES string of the molecule is Cc1cc(F)c(C(Cl)C2C(C)(C)C2(C)C)cc1F. The topological polar surface area (TPSA) is 0 Å². The number of benzene rings is 1. The Bertz CT molecular complexity index is 478. The van der Waals surface area contributed by atoms with Crippen LogP contribution in [0.2, 0.25) is 0 Å². The molecule has 1 aromatic carbocycles. The second kappa shape index (κ2) is 3.93. The first kappa shape index (κ1) is 13.8. The largest absolute Gasteiger partial charge is 0.207 e. The van der Waals surface area contributed by atoms with Crippen molar-refractivity contribution in [3.05, 3.63) is 34.9 Å². The van der Waals surface area contributed by atoms with Crippen LogP contribution in [0.5, 0.6) is 0 Å². The number of halogens is 3. The van der Waals surface area contributed by atoms with Crippen LogP contribution in [0, 0.1) is 35.3 Å². The predicted molar refractivity (Wildman–Crippen MR) is 70.7 cm³/mol. The van der Waals surface area contributed by atoms with E-state index >= 15 is 0 Å². The van der Waals surface area contributed by atoms with E-state index in [1.807, 2.05) is 0 Å². The fourth-order valence-corrected chi connectivity index (χ4v) is 3.83. The summed E-state index contributed by atoms with van der Waals surface area (Å²) in [6, 6.07) is 2.47. The van der Waals surface area contributed by atoms with Gasteiger partial charge in [0.1, 0.15) is 11.6 Å². The molecule has 0 amide bonds. The molecule has 18 heavy (non-hydrogen) atoms. The zero-order valence-electron chi connectivity index (χ0n) is 11.4. The van der Waals surface area contributed by atoms with Gasteiger partial charge in [0.25, 0.3) is 0 Å². The van der Waals surface area contributed by atoms with Crippen molar-refractivity contribution < 1.29 is 8.78 Å². The van der Waals surface area contributed by atoms with Crippen LogP contribution in [0.25, 0.3) is 0 Å². The molecule has 100 valence electrons. The molecule has 0 heterocycles. The summed E-state index contributed by atoms with van der Waals surface area (Å²) < 4.78 is 27.5. The van der Waals surface area contributed by atoms with Gasteiger partial charge in [-0.05, 0) is 41.4 Å². The number of hydrogen-bond donors (Lipinski definition) is 0. The Balaban J connectivity index is 2.37. The molecule has 1 aliphatic carbocycles. The second-order valence-electron chi connectivity index (χ2n) is 6.45. The Kier molecular flexibility index (Phi) is 3.01. The molecule has 1 aromatic rings. The van der Waals surface area contributed by atoms with Crippen molar-refractivity contribution in [3.8, 4) is 0 Å². The standard InChI is InChI=1S/C15H19ClF2/c1-8-6-11(18)9(7-10(8)17)12(16)13-14(2,3)15(13,4)5/h6-7,12-13H,1-5H3. The van der Waals surface area contributed by atoms with Crippen molar-refractivity contribution in [3.63, 3.8) is 0 Å². The number of rotatable bonds is 2. The van der Waals surface area contributed by atoms with Gasteiger partial charge in [-0.2, -0.15) is 0 Å². The lowest BCUT2D eigenvalue weighted by molar-refractivity contribution is 0.457. The lowest BCUT2D eigenvalue weighted by Crippen LogP contribution is -2.04. The molecule has 1 fully saturated rings. The van der Waals surface area contributed by atoms with Crippen LogP contribution in [-0.2, 0) is 0 Å². The van der Waals surface area contributed by atoms with Gasteiger partial charge in [0, 0.05) is 5.56 Å². The van der Waals surface area contributed by atoms with Crippen molar-refractivity contribution in [2.24, 2.45) is 16.7 Å². The molecule has 3 heteroatoms. The minimum Gasteiger partial charge on any atom is -0.207 e. The van der Waals surface area contributed by atoms with E-state index in [9.17, 15) is 8.78 Å². The molecule has 0 spiro atoms. The third-order valence-corrected chi connectivity index (χ3v) is 5.49. The molecule has 0 saturated heterocycles. The quantitative estimate of drug-likeness (QED) is 0.646. The normalized spacial score (nSPS) is 22.9. The summed E-state index contributed by atoms with van der Waals surface area (Å²) in [6.45, 7) is 10.0. The molecule has 0 N–H and O–H groups in total. The maximum Gasteiger partial charge on any atom is 0.128 e. The maximum atomic E-state index is 13.9. The molecule has 0 bridgehead atoms. The molecular weight excluding hydrogens is 254 g/mol. The highest BCUT2D eigenvalue weighted by atomic mass is 35.5. The van der Waals surface area contributed by atoms with E-state index in [0.29, 0.717) is 5.56 Å². The maximum absolute atomic E-state index is 13.9. The summed E-state index contributed by atoms with van der Waals surface area (Å²) in [5.41, 5.74) is 0.693. The van der Waals surface area contributed by atoms with Crippen LogP contribution in [0.4, 0.5) is 8.78 Å². The van der Waals surface area contributed by atoms with Gasteiger partial charge in [0.2, 0.25) is 0 Å². The Morgan fingerprint density at radius 3 is 2.00 bits per heavy atom. The molecule has 1 aliphatic rings. The van der Waals surface area contributed by atoms with Gasteiger partial charge in [-0.1, -0.05) is 27.7 Å². The van der Waals surface area contributed by atoms with Gasteiger partial charge in [-0.25, -0.2) is 8.78 Å². The Morgan fingerprint density at radius 2 is 1.56 bits per heavy atom. The van der Waals surface area contributed by atoms with Gasteiger partial charge < -0.3 is 0 Å². The average molecular weight is 273 g/mol. The summed E-state index contributed by atoms with van der Waals surface area (Å²) in [4.78, 5) is 0. The highest BCUT2D eigenvalue weighted by Gasteiger charge is 2.67. The van der Waals surface area contributed by atoms with E-state index in [0.717, 1.165) is 0 Å². The van der Waals surface area contributed by atoms with Crippen molar-refractivity contribution >= 4 is 11.6 Å². The third kappa shape index (κ3) is 1.77. The van der Waals surface area contributed by atoms with Crippen molar-refractivity contribution in [2.45, 2.75) is 40.0 Å². The predicted octanol–water partition coefficient (Wildman–Crippen LogP) is 5.24. The summed E-state index contributed by atoms with van der Waals surface area (Å²) in [7, 11) is 0. The average Bonchev–Trinajstić information content (AvgIpc) is 2.62. The summed E-state index contributed by atoms with van der Waals surface area (Å²) in [5, 5.41) is -0.481. The molecule has 1 unspecified atom stereocenters. The molecule has 0 aromatic heterocycles. The highest BCUT2D eigenvalue weighted by molar-refractivity contribution is 6.21. The van der Waals surface area contributed by atoms with E-state index in [2.05, 4.69) is 27.7 Å². The van der Waals surface area contributed by atoms with E-state index in [-0.39, 0.29) is 22.3 Å². The fraction of sp³-hybridized carbons (Fsp3) is 0.600. The van der Waals surface area contributed by atoms with E-state index < -0.39 is 17.0 Å². The lowest BCUT2D eigenvalue weighted by Gasteiger charge is -2.14. The van der Waals surface area contributed by atoms with Crippen molar-refractivity contribution in [2.75, 3.05) is 0 Å². The van der Waals surface area contributed by atoms with Crippen LogP contribution in [0.1, 0.15) is 44.2 Å². The first-order valence-corrected chi connectivity index (χ1v) is 6.64. The van der Waals surface area contributed by atoms with Crippen LogP contribution < -0.4 is 0 Å². The van der Waals surface area contributed by atoms with Gasteiger partial charge in [0.15, 0.2) is 0 Å². The smallest absolute Gasteiger partial charge is 0.128 e. The molecular formula is C15H19ClF2. The zero-order valence-corrected chi connectivity index (χ0v) is 12.2. The Labute approximate surface area is 112 Å². The highest BCUT2D eigenvalue weighted by Crippen LogP contribution is 2.73. The monoisotopic (exact) mass is 272 g/mol. The van der Waals surface area contributed by atoms with Crippen LogP contribution in [0.15, 0.2) is 12.1 Å². The molecule has 0 nitrogen and oxygen atoms in total. The number of alkyl halides is 1. The molecule has 1 saturated carbocycles. The number of aryl methyl sites for hydroxylation is 1. The fourth-order valence-electron chi connectivity index (χ4n) is 3.03. The first-order chi connectivity index (χ1) is 8.10. The molecule has 1 atom stereocenters. The van der Waals surface area contributed by atoms with E-state index in [1.165, 1.54) is 12.1 Å². The van der Waals surface area contributed by atoms with Crippen LogP contribution in [-0.4, -0.2) is 0 Å². The molecule has 0 aliphatic heterocycles. The summed E-state index contributed by atoms with van der Waals surface area (Å²) in [6.07, 6.45) is 0. The molecule has 0 radical (unpaired) electrons. The second-order valence-corrected chi connectivity index (χ2v) is 6.92. The van der Waals surface area contributed by atoms with Gasteiger partial charge in [-0.3, -0.25) is 0 Å². The van der Waals surface area contributed by atoms with Crippen LogP contribution >= 0.6 is 11.6 Å². The van der Waals surface area contributed by atoms with Crippen molar-refractivity contribution in [1.82, 2.24) is 0 Å². The Morgan fingerprint density at radius 1 is 1.06 bits per heavy atom.